The molecule has 0 bridgehead atoms. The van der Waals surface area contributed by atoms with Crippen LogP contribution < -0.4 is 15.4 Å². The maximum Gasteiger partial charge on any atom is 0.209 e. The molecule has 0 amide bonds. The third-order valence-corrected chi connectivity index (χ3v) is 4.51. The molecule has 1 unspecified atom stereocenters. The van der Waals surface area contributed by atoms with E-state index < -0.39 is 17.5 Å². The molecule has 1 aliphatic heterocycles. The smallest absolute Gasteiger partial charge is 0.209 e. The molecule has 0 aromatic carbocycles. The van der Waals surface area contributed by atoms with E-state index in [1.807, 2.05) is 0 Å². The topological polar surface area (TPSA) is 144 Å². The van der Waals surface area contributed by atoms with Crippen molar-refractivity contribution in [2.75, 3.05) is 12.4 Å². The van der Waals surface area contributed by atoms with Crippen molar-refractivity contribution in [1.29, 1.82) is 10.8 Å². The molecule has 162 valence electrons. The fraction of sp³-hybridized carbons (Fsp3) is 0.0870. The molecule has 0 spiro atoms. The Hall–Kier alpha value is -4.53. The van der Waals surface area contributed by atoms with Crippen molar-refractivity contribution in [3.8, 4) is 5.75 Å². The highest BCUT2D eigenvalue weighted by molar-refractivity contribution is 6.59. The van der Waals surface area contributed by atoms with Crippen LogP contribution in [0.5, 0.6) is 5.75 Å². The number of anilines is 1. The fourth-order valence-electron chi connectivity index (χ4n) is 2.90. The van der Waals surface area contributed by atoms with Crippen molar-refractivity contribution >= 4 is 28.5 Å². The van der Waals surface area contributed by atoms with Crippen LogP contribution in [0.1, 0.15) is 5.56 Å². The summed E-state index contributed by atoms with van der Waals surface area (Å²) in [7, 11) is 1.49. The number of ether oxygens (including phenoxy) is 1. The molecular formula is C23H22N6O3. The number of methoxy groups -OCH3 is 1. The maximum absolute atomic E-state index is 13.3. The first kappa shape index (κ1) is 22.2. The molecule has 9 heteroatoms. The molecular weight excluding hydrogens is 408 g/mol. The van der Waals surface area contributed by atoms with Crippen molar-refractivity contribution in [2.45, 2.75) is 6.04 Å². The van der Waals surface area contributed by atoms with Crippen LogP contribution in [0.25, 0.3) is 5.57 Å². The first-order chi connectivity index (χ1) is 15.5. The van der Waals surface area contributed by atoms with Crippen LogP contribution in [-0.4, -0.2) is 45.4 Å². The lowest BCUT2D eigenvalue weighted by Gasteiger charge is -2.20. The third kappa shape index (κ3) is 5.33. The largest absolute Gasteiger partial charge is 0.515 e. The Morgan fingerprint density at radius 3 is 2.66 bits per heavy atom. The van der Waals surface area contributed by atoms with E-state index in [0.717, 1.165) is 0 Å². The number of pyridine rings is 2. The van der Waals surface area contributed by atoms with E-state index >= 15 is 0 Å². The number of carbonyl (C=O) groups is 1. The zero-order valence-corrected chi connectivity index (χ0v) is 17.2. The molecule has 0 aliphatic carbocycles. The SMILES string of the molecule is COc1cncc(NC(C(=N)/C=C2/C=CC=CN2)C(=O)C(=N)/C(=C\O)c2ccncc2)c1. The van der Waals surface area contributed by atoms with Crippen molar-refractivity contribution in [3.63, 3.8) is 0 Å². The highest BCUT2D eigenvalue weighted by Crippen LogP contribution is 2.20. The number of nitrogens with zero attached hydrogens (tertiary/aromatic N) is 2. The summed E-state index contributed by atoms with van der Waals surface area (Å²) in [6, 6.07) is 3.56. The van der Waals surface area contributed by atoms with Gasteiger partial charge in [-0.05, 0) is 35.9 Å². The van der Waals surface area contributed by atoms with E-state index in [1.165, 1.54) is 38.0 Å². The molecule has 0 saturated heterocycles. The van der Waals surface area contributed by atoms with Crippen molar-refractivity contribution in [3.05, 3.63) is 91.0 Å². The van der Waals surface area contributed by atoms with Gasteiger partial charge in [0.1, 0.15) is 17.5 Å². The minimum absolute atomic E-state index is 0.0204. The second-order valence-corrected chi connectivity index (χ2v) is 6.63. The lowest BCUT2D eigenvalue weighted by atomic mass is 9.94. The molecule has 1 atom stereocenters. The first-order valence-electron chi connectivity index (χ1n) is 9.57. The molecule has 5 N–H and O–H groups in total. The van der Waals surface area contributed by atoms with Crippen LogP contribution in [0.2, 0.25) is 0 Å². The van der Waals surface area contributed by atoms with Gasteiger partial charge in [-0.3, -0.25) is 20.2 Å². The van der Waals surface area contributed by atoms with E-state index in [9.17, 15) is 9.90 Å². The van der Waals surface area contributed by atoms with Crippen molar-refractivity contribution in [2.24, 2.45) is 0 Å². The molecule has 0 fully saturated rings. The quantitative estimate of drug-likeness (QED) is 0.304. The van der Waals surface area contributed by atoms with Gasteiger partial charge in [0.2, 0.25) is 5.78 Å². The van der Waals surface area contributed by atoms with Crippen molar-refractivity contribution < 1.29 is 14.6 Å². The summed E-state index contributed by atoms with van der Waals surface area (Å²) < 4.78 is 5.17. The monoisotopic (exact) mass is 430 g/mol. The number of dihydropyridines is 1. The number of hydrogen-bond donors (Lipinski definition) is 5. The number of aliphatic hydroxyl groups is 1. The number of hydrogen-bond acceptors (Lipinski definition) is 9. The standard InChI is InChI=1S/C23H22N6O3/c1-32-18-10-17(12-27-13-18)29-22(20(24)11-16-4-2-3-7-28-16)23(31)21(25)19(14-30)15-5-8-26-9-6-15/h2-14,22,24-25,28-30H,1H3/b16-11-,19-14-,24-20?,25-21?. The second kappa shape index (κ2) is 10.5. The number of aromatic nitrogens is 2. The Morgan fingerprint density at radius 1 is 1.22 bits per heavy atom. The average Bonchev–Trinajstić information content (AvgIpc) is 2.84. The molecule has 0 radical (unpaired) electrons. The number of carbonyl (C=O) groups excluding carboxylic acids is 1. The second-order valence-electron chi connectivity index (χ2n) is 6.63. The van der Waals surface area contributed by atoms with Crippen molar-refractivity contribution in [1.82, 2.24) is 15.3 Å². The summed E-state index contributed by atoms with van der Waals surface area (Å²) in [5, 5.41) is 32.7. The number of allylic oxidation sites excluding steroid dienone is 4. The maximum atomic E-state index is 13.3. The summed E-state index contributed by atoms with van der Waals surface area (Å²) in [4.78, 5) is 21.3. The molecule has 2 aromatic heterocycles. The van der Waals surface area contributed by atoms with Gasteiger partial charge in [0.05, 0.1) is 37.2 Å². The van der Waals surface area contributed by atoms with E-state index in [4.69, 9.17) is 15.6 Å². The van der Waals surface area contributed by atoms with E-state index in [-0.39, 0.29) is 11.3 Å². The average molecular weight is 430 g/mol. The number of nitrogens with one attached hydrogen (secondary N) is 4. The van der Waals surface area contributed by atoms with Crippen LogP contribution >= 0.6 is 0 Å². The zero-order valence-electron chi connectivity index (χ0n) is 17.2. The molecule has 32 heavy (non-hydrogen) atoms. The number of ketones is 1. The van der Waals surface area contributed by atoms with Gasteiger partial charge in [-0.2, -0.15) is 0 Å². The van der Waals surface area contributed by atoms with Gasteiger partial charge < -0.3 is 25.9 Å². The third-order valence-electron chi connectivity index (χ3n) is 4.51. The number of aliphatic hydroxyl groups excluding tert-OH is 1. The Kier molecular flexibility index (Phi) is 7.26. The van der Waals surface area contributed by atoms with Gasteiger partial charge in [-0.25, -0.2) is 0 Å². The van der Waals surface area contributed by atoms with Gasteiger partial charge in [0.15, 0.2) is 0 Å². The summed E-state index contributed by atoms with van der Waals surface area (Å²) in [5.74, 6) is -0.238. The Labute approximate surface area is 184 Å². The van der Waals surface area contributed by atoms with Gasteiger partial charge in [0, 0.05) is 35.9 Å². The summed E-state index contributed by atoms with van der Waals surface area (Å²) in [6.45, 7) is 0. The fourth-order valence-corrected chi connectivity index (χ4v) is 2.90. The highest BCUT2D eigenvalue weighted by Gasteiger charge is 2.29. The van der Waals surface area contributed by atoms with Gasteiger partial charge in [-0.15, -0.1) is 0 Å². The highest BCUT2D eigenvalue weighted by atomic mass is 16.5. The van der Waals surface area contributed by atoms with Crippen LogP contribution in [0.4, 0.5) is 5.69 Å². The molecule has 9 nitrogen and oxygen atoms in total. The lowest BCUT2D eigenvalue weighted by Crippen LogP contribution is -2.41. The molecule has 3 rings (SSSR count). The molecule has 0 saturated carbocycles. The van der Waals surface area contributed by atoms with E-state index in [1.54, 1.807) is 42.6 Å². The number of rotatable bonds is 9. The molecule has 2 aromatic rings. The predicted molar refractivity (Wildman–Crippen MR) is 123 cm³/mol. The Bertz CT molecular complexity index is 1140. The van der Waals surface area contributed by atoms with Gasteiger partial charge in [-0.1, -0.05) is 6.08 Å². The summed E-state index contributed by atoms with van der Waals surface area (Å²) >= 11 is 0. The Balaban J connectivity index is 1.93. The molecule has 3 heterocycles. The van der Waals surface area contributed by atoms with E-state index in [2.05, 4.69) is 20.6 Å². The van der Waals surface area contributed by atoms with Crippen LogP contribution in [0.15, 0.2) is 85.4 Å². The van der Waals surface area contributed by atoms with Crippen LogP contribution in [-0.2, 0) is 4.79 Å². The predicted octanol–water partition coefficient (Wildman–Crippen LogP) is 3.03. The lowest BCUT2D eigenvalue weighted by molar-refractivity contribution is -0.112. The van der Waals surface area contributed by atoms with Crippen LogP contribution in [0.3, 0.4) is 0 Å². The molecule has 1 aliphatic rings. The van der Waals surface area contributed by atoms with E-state index in [0.29, 0.717) is 29.0 Å². The normalized spacial score (nSPS) is 15.0. The Morgan fingerprint density at radius 2 is 2.00 bits per heavy atom. The van der Waals surface area contributed by atoms with Gasteiger partial charge in [0.25, 0.3) is 0 Å². The summed E-state index contributed by atoms with van der Waals surface area (Å²) in [6.07, 6.45) is 15.2. The van der Waals surface area contributed by atoms with Crippen LogP contribution in [0, 0.1) is 10.8 Å². The van der Waals surface area contributed by atoms with Gasteiger partial charge >= 0.3 is 0 Å². The zero-order chi connectivity index (χ0) is 22.9. The first-order valence-corrected chi connectivity index (χ1v) is 9.57. The minimum Gasteiger partial charge on any atom is -0.515 e. The summed E-state index contributed by atoms with van der Waals surface area (Å²) in [5.41, 5.74) is 0.976. The number of Topliss-reactive ketones (excluding diaryl/α,β-unsaturated/α-hetero) is 1. The minimum atomic E-state index is -1.22.